The Balaban J connectivity index is 1.77. The summed E-state index contributed by atoms with van der Waals surface area (Å²) in [6.07, 6.45) is 7.25. The standard InChI is InChI=1S/C21H27N5O2/c1-25(2)10-5-9-19(27)26-11-4-8-17(14-26)20-18(13-23-24-20)15-6-3-7-16(12-15)21(22)28/h3,5-7,9,12-13,17H,4,8,10-11,14H2,1-2H3,(H2,22,28)(H,23,24)/b9-5+. The number of aromatic amines is 1. The first-order chi connectivity index (χ1) is 13.5. The molecule has 1 atom stereocenters. The van der Waals surface area contributed by atoms with Crippen LogP contribution in [-0.4, -0.2) is 65.5 Å². The lowest BCUT2D eigenvalue weighted by Gasteiger charge is -2.32. The fourth-order valence-electron chi connectivity index (χ4n) is 3.56. The summed E-state index contributed by atoms with van der Waals surface area (Å²) in [6.45, 7) is 2.15. The molecular weight excluding hydrogens is 354 g/mol. The van der Waals surface area contributed by atoms with Crippen molar-refractivity contribution in [3.05, 3.63) is 53.9 Å². The second-order valence-electron chi connectivity index (χ2n) is 7.43. The fraction of sp³-hybridized carbons (Fsp3) is 0.381. The highest BCUT2D eigenvalue weighted by Gasteiger charge is 2.27. The lowest BCUT2D eigenvalue weighted by Crippen LogP contribution is -2.38. The molecule has 3 N–H and O–H groups in total. The van der Waals surface area contributed by atoms with Gasteiger partial charge in [-0.1, -0.05) is 18.2 Å². The first kappa shape index (κ1) is 19.8. The summed E-state index contributed by atoms with van der Waals surface area (Å²) in [6, 6.07) is 7.24. The van der Waals surface area contributed by atoms with Crippen LogP contribution < -0.4 is 5.73 Å². The van der Waals surface area contributed by atoms with E-state index in [0.717, 1.165) is 42.8 Å². The molecule has 2 heterocycles. The van der Waals surface area contributed by atoms with Crippen LogP contribution in [0.25, 0.3) is 11.1 Å². The van der Waals surface area contributed by atoms with Gasteiger partial charge >= 0.3 is 0 Å². The molecule has 2 aromatic rings. The molecule has 1 aliphatic rings. The summed E-state index contributed by atoms with van der Waals surface area (Å²) in [4.78, 5) is 27.9. The Kier molecular flexibility index (Phi) is 6.26. The lowest BCUT2D eigenvalue weighted by atomic mass is 9.90. The van der Waals surface area contributed by atoms with Crippen molar-refractivity contribution in [1.82, 2.24) is 20.0 Å². The van der Waals surface area contributed by atoms with Crippen molar-refractivity contribution in [1.29, 1.82) is 0 Å². The van der Waals surface area contributed by atoms with E-state index in [9.17, 15) is 9.59 Å². The molecule has 3 rings (SSSR count). The second kappa shape index (κ2) is 8.84. The number of primary amides is 1. The van der Waals surface area contributed by atoms with Crippen LogP contribution in [0.2, 0.25) is 0 Å². The van der Waals surface area contributed by atoms with Gasteiger partial charge in [0.1, 0.15) is 0 Å². The first-order valence-corrected chi connectivity index (χ1v) is 9.49. The highest BCUT2D eigenvalue weighted by Crippen LogP contribution is 2.33. The molecule has 7 nitrogen and oxygen atoms in total. The SMILES string of the molecule is CN(C)C/C=C/C(=O)N1CCCC(c2[nH]ncc2-c2cccc(C(N)=O)c2)C1. The summed E-state index contributed by atoms with van der Waals surface area (Å²) < 4.78 is 0. The van der Waals surface area contributed by atoms with Gasteiger partial charge in [0.15, 0.2) is 0 Å². The molecule has 0 saturated carbocycles. The molecular formula is C21H27N5O2. The highest BCUT2D eigenvalue weighted by atomic mass is 16.2. The van der Waals surface area contributed by atoms with Gasteiger partial charge in [-0.15, -0.1) is 0 Å². The van der Waals surface area contributed by atoms with Crippen molar-refractivity contribution < 1.29 is 9.59 Å². The smallest absolute Gasteiger partial charge is 0.248 e. The minimum absolute atomic E-state index is 0.0448. The summed E-state index contributed by atoms with van der Waals surface area (Å²) in [5, 5.41) is 7.33. The Hall–Kier alpha value is -2.93. The molecule has 0 aliphatic carbocycles. The highest BCUT2D eigenvalue weighted by molar-refractivity contribution is 5.94. The van der Waals surface area contributed by atoms with E-state index in [4.69, 9.17) is 5.73 Å². The number of nitrogens with two attached hydrogens (primary N) is 1. The Bertz CT molecular complexity index is 871. The third-order valence-corrected chi connectivity index (χ3v) is 5.00. The number of rotatable bonds is 6. The molecule has 2 amide bonds. The summed E-state index contributed by atoms with van der Waals surface area (Å²) in [5.41, 5.74) is 8.72. The second-order valence-corrected chi connectivity index (χ2v) is 7.43. The van der Waals surface area contributed by atoms with Gasteiger partial charge in [-0.3, -0.25) is 14.7 Å². The van der Waals surface area contributed by atoms with Crippen LogP contribution in [0.5, 0.6) is 0 Å². The normalized spacial score (nSPS) is 17.4. The number of likely N-dealkylation sites (tertiary alicyclic amines) is 1. The summed E-state index contributed by atoms with van der Waals surface area (Å²) >= 11 is 0. The van der Waals surface area contributed by atoms with Crippen molar-refractivity contribution >= 4 is 11.8 Å². The van der Waals surface area contributed by atoms with E-state index >= 15 is 0 Å². The van der Waals surface area contributed by atoms with Gasteiger partial charge in [0.25, 0.3) is 0 Å². The number of piperidine rings is 1. The predicted octanol–water partition coefficient (Wildman–Crippen LogP) is 2.00. The molecule has 1 saturated heterocycles. The first-order valence-electron chi connectivity index (χ1n) is 9.49. The molecule has 0 spiro atoms. The quantitative estimate of drug-likeness (QED) is 0.748. The maximum absolute atomic E-state index is 12.5. The van der Waals surface area contributed by atoms with Gasteiger partial charge in [0, 0.05) is 48.4 Å². The van der Waals surface area contributed by atoms with E-state index in [1.165, 1.54) is 0 Å². The number of benzene rings is 1. The molecule has 0 radical (unpaired) electrons. The molecule has 1 aliphatic heterocycles. The molecule has 7 heteroatoms. The van der Waals surface area contributed by atoms with Crippen molar-refractivity contribution in [2.75, 3.05) is 33.7 Å². The minimum atomic E-state index is -0.453. The summed E-state index contributed by atoms with van der Waals surface area (Å²) in [5.74, 6) is -0.233. The van der Waals surface area contributed by atoms with Crippen molar-refractivity contribution in [3.63, 3.8) is 0 Å². The number of hydrogen-bond donors (Lipinski definition) is 2. The minimum Gasteiger partial charge on any atom is -0.366 e. The average molecular weight is 381 g/mol. The number of carbonyl (C=O) groups excluding carboxylic acids is 2. The van der Waals surface area contributed by atoms with Crippen LogP contribution in [0.15, 0.2) is 42.6 Å². The number of hydrogen-bond acceptors (Lipinski definition) is 4. The molecule has 1 unspecified atom stereocenters. The molecule has 148 valence electrons. The van der Waals surface area contributed by atoms with Gasteiger partial charge in [-0.25, -0.2) is 0 Å². The number of nitrogens with zero attached hydrogens (tertiary/aromatic N) is 3. The monoisotopic (exact) mass is 381 g/mol. The van der Waals surface area contributed by atoms with Crippen molar-refractivity contribution in [2.24, 2.45) is 5.73 Å². The maximum Gasteiger partial charge on any atom is 0.248 e. The fourth-order valence-corrected chi connectivity index (χ4v) is 3.56. The van der Waals surface area contributed by atoms with Crippen LogP contribution in [0.4, 0.5) is 0 Å². The number of aromatic nitrogens is 2. The Morgan fingerprint density at radius 3 is 2.96 bits per heavy atom. The molecule has 1 aromatic carbocycles. The van der Waals surface area contributed by atoms with E-state index in [2.05, 4.69) is 10.2 Å². The van der Waals surface area contributed by atoms with Crippen LogP contribution in [0.1, 0.15) is 34.8 Å². The van der Waals surface area contributed by atoms with Gasteiger partial charge in [-0.2, -0.15) is 5.10 Å². The largest absolute Gasteiger partial charge is 0.366 e. The third kappa shape index (κ3) is 4.67. The molecule has 1 fully saturated rings. The maximum atomic E-state index is 12.5. The topological polar surface area (TPSA) is 95.3 Å². The number of carbonyl (C=O) groups is 2. The van der Waals surface area contributed by atoms with E-state index in [1.54, 1.807) is 24.4 Å². The molecule has 0 bridgehead atoms. The van der Waals surface area contributed by atoms with Crippen molar-refractivity contribution in [2.45, 2.75) is 18.8 Å². The number of H-pyrrole nitrogens is 1. The zero-order chi connectivity index (χ0) is 20.1. The predicted molar refractivity (Wildman–Crippen MR) is 109 cm³/mol. The van der Waals surface area contributed by atoms with Crippen LogP contribution in [0.3, 0.4) is 0 Å². The van der Waals surface area contributed by atoms with Gasteiger partial charge in [-0.05, 0) is 44.6 Å². The van der Waals surface area contributed by atoms with Crippen LogP contribution in [-0.2, 0) is 4.79 Å². The van der Waals surface area contributed by atoms with Gasteiger partial charge in [0.2, 0.25) is 11.8 Å². The van der Waals surface area contributed by atoms with Crippen LogP contribution in [0, 0.1) is 0 Å². The number of nitrogens with one attached hydrogen (secondary N) is 1. The van der Waals surface area contributed by atoms with E-state index in [-0.39, 0.29) is 11.8 Å². The summed E-state index contributed by atoms with van der Waals surface area (Å²) in [7, 11) is 3.94. The Labute approximate surface area is 165 Å². The average Bonchev–Trinajstić information content (AvgIpc) is 3.17. The molecule has 28 heavy (non-hydrogen) atoms. The Morgan fingerprint density at radius 2 is 2.21 bits per heavy atom. The van der Waals surface area contributed by atoms with E-state index < -0.39 is 5.91 Å². The van der Waals surface area contributed by atoms with Crippen LogP contribution >= 0.6 is 0 Å². The molecule has 1 aromatic heterocycles. The number of amides is 2. The van der Waals surface area contributed by atoms with Crippen molar-refractivity contribution in [3.8, 4) is 11.1 Å². The lowest BCUT2D eigenvalue weighted by molar-refractivity contribution is -0.127. The number of likely N-dealkylation sites (N-methyl/N-ethyl adjacent to an activating group) is 1. The zero-order valence-corrected chi connectivity index (χ0v) is 16.4. The van der Waals surface area contributed by atoms with E-state index in [0.29, 0.717) is 12.1 Å². The Morgan fingerprint density at radius 1 is 1.39 bits per heavy atom. The van der Waals surface area contributed by atoms with Gasteiger partial charge < -0.3 is 15.5 Å². The third-order valence-electron chi connectivity index (χ3n) is 5.00. The zero-order valence-electron chi connectivity index (χ0n) is 16.4. The van der Waals surface area contributed by atoms with Gasteiger partial charge in [0.05, 0.1) is 6.20 Å². The van der Waals surface area contributed by atoms with E-state index in [1.807, 2.05) is 42.1 Å².